The van der Waals surface area contributed by atoms with Gasteiger partial charge in [-0.2, -0.15) is 0 Å². The molecule has 2 amide bonds. The number of carbonyl (C=O) groups excluding carboxylic acids is 2. The summed E-state index contributed by atoms with van der Waals surface area (Å²) in [6, 6.07) is 8.82. The monoisotopic (exact) mass is 333 g/mol. The van der Waals surface area contributed by atoms with Gasteiger partial charge in [0.15, 0.2) is 0 Å². The molecule has 0 radical (unpaired) electrons. The van der Waals surface area contributed by atoms with Crippen LogP contribution in [0.5, 0.6) is 0 Å². The smallest absolute Gasteiger partial charge is 0.246 e. The molecule has 0 heterocycles. The molecule has 0 aliphatic carbocycles. The summed E-state index contributed by atoms with van der Waals surface area (Å²) < 4.78 is 27.3. The van der Waals surface area contributed by atoms with Gasteiger partial charge < -0.3 is 16.0 Å². The molecule has 0 aromatic heterocycles. The largest absolute Gasteiger partial charge is 0.351 e. The van der Waals surface area contributed by atoms with Crippen LogP contribution in [0.2, 0.25) is 0 Å². The molecule has 2 aromatic carbocycles. The van der Waals surface area contributed by atoms with Gasteiger partial charge in [0.25, 0.3) is 0 Å². The molecule has 0 saturated heterocycles. The zero-order valence-corrected chi connectivity index (χ0v) is 13.2. The number of nitrogens with one attached hydrogen (secondary N) is 3. The molecule has 0 bridgehead atoms. The quantitative estimate of drug-likeness (QED) is 0.787. The van der Waals surface area contributed by atoms with Gasteiger partial charge in [-0.1, -0.05) is 12.1 Å². The van der Waals surface area contributed by atoms with Gasteiger partial charge in [-0.3, -0.25) is 9.59 Å². The molecule has 0 aliphatic heterocycles. The van der Waals surface area contributed by atoms with Gasteiger partial charge >= 0.3 is 0 Å². The van der Waals surface area contributed by atoms with E-state index in [-0.39, 0.29) is 23.0 Å². The number of carbonyl (C=O) groups is 2. The van der Waals surface area contributed by atoms with Crippen LogP contribution >= 0.6 is 0 Å². The Morgan fingerprint density at radius 3 is 2.38 bits per heavy atom. The summed E-state index contributed by atoms with van der Waals surface area (Å²) in [6.07, 6.45) is 0. The highest BCUT2D eigenvalue weighted by atomic mass is 19.1. The number of benzene rings is 2. The maximum Gasteiger partial charge on any atom is 0.246 e. The minimum atomic E-state index is -0.770. The number of hydrogen-bond acceptors (Lipinski definition) is 3. The summed E-state index contributed by atoms with van der Waals surface area (Å²) in [4.78, 5) is 23.1. The van der Waals surface area contributed by atoms with Gasteiger partial charge in [-0.05, 0) is 37.3 Å². The number of hydrogen-bond donors (Lipinski definition) is 3. The molecule has 0 aliphatic rings. The van der Waals surface area contributed by atoms with E-state index in [0.29, 0.717) is 0 Å². The van der Waals surface area contributed by atoms with Crippen molar-refractivity contribution in [3.63, 3.8) is 0 Å². The molecule has 0 spiro atoms. The first kappa shape index (κ1) is 17.4. The lowest BCUT2D eigenvalue weighted by Crippen LogP contribution is -2.40. The van der Waals surface area contributed by atoms with Crippen LogP contribution in [0.1, 0.15) is 13.8 Å². The molecular weight excluding hydrogens is 316 g/mol. The Morgan fingerprint density at radius 2 is 1.71 bits per heavy atom. The van der Waals surface area contributed by atoms with Gasteiger partial charge in [0.1, 0.15) is 17.7 Å². The van der Waals surface area contributed by atoms with Gasteiger partial charge in [0.2, 0.25) is 11.8 Å². The van der Waals surface area contributed by atoms with Crippen LogP contribution < -0.4 is 16.0 Å². The maximum absolute atomic E-state index is 13.8. The molecule has 126 valence electrons. The van der Waals surface area contributed by atoms with Crippen LogP contribution in [-0.4, -0.2) is 17.9 Å². The van der Waals surface area contributed by atoms with Crippen LogP contribution in [-0.2, 0) is 9.59 Å². The number of anilines is 3. The third-order valence-electron chi connectivity index (χ3n) is 3.20. The van der Waals surface area contributed by atoms with Gasteiger partial charge in [0.05, 0.1) is 17.1 Å². The average Bonchev–Trinajstić information content (AvgIpc) is 2.51. The van der Waals surface area contributed by atoms with Crippen molar-refractivity contribution in [2.24, 2.45) is 0 Å². The lowest BCUT2D eigenvalue weighted by molar-refractivity contribution is -0.124. The molecule has 24 heavy (non-hydrogen) atoms. The Labute approximate surface area is 138 Å². The molecule has 7 heteroatoms. The van der Waals surface area contributed by atoms with E-state index in [1.165, 1.54) is 44.2 Å². The fourth-order valence-corrected chi connectivity index (χ4v) is 2.05. The molecule has 2 aromatic rings. The van der Waals surface area contributed by atoms with Crippen molar-refractivity contribution in [2.45, 2.75) is 19.9 Å². The minimum Gasteiger partial charge on any atom is -0.351 e. The van der Waals surface area contributed by atoms with Gasteiger partial charge in [-0.15, -0.1) is 0 Å². The second-order valence-corrected chi connectivity index (χ2v) is 5.21. The van der Waals surface area contributed by atoms with E-state index in [0.717, 1.165) is 6.07 Å². The lowest BCUT2D eigenvalue weighted by atomic mass is 10.2. The van der Waals surface area contributed by atoms with Crippen molar-refractivity contribution in [1.29, 1.82) is 0 Å². The fraction of sp³-hybridized carbons (Fsp3) is 0.176. The number of amides is 2. The van der Waals surface area contributed by atoms with E-state index >= 15 is 0 Å². The third kappa shape index (κ3) is 4.52. The van der Waals surface area contributed by atoms with Crippen molar-refractivity contribution in [3.05, 3.63) is 54.1 Å². The van der Waals surface area contributed by atoms with Crippen molar-refractivity contribution >= 4 is 28.9 Å². The Morgan fingerprint density at radius 1 is 1.00 bits per heavy atom. The van der Waals surface area contributed by atoms with Crippen molar-refractivity contribution in [1.82, 2.24) is 5.32 Å². The average molecular weight is 333 g/mol. The molecule has 5 nitrogen and oxygen atoms in total. The summed E-state index contributed by atoms with van der Waals surface area (Å²) >= 11 is 0. The maximum atomic E-state index is 13.8. The van der Waals surface area contributed by atoms with Crippen molar-refractivity contribution < 1.29 is 18.4 Å². The van der Waals surface area contributed by atoms with E-state index in [2.05, 4.69) is 16.0 Å². The SMILES string of the molecule is CC(=O)NC(C)C(=O)Nc1ccc(F)cc1Nc1ccccc1F. The number of para-hydroxylation sites is 1. The first-order chi connectivity index (χ1) is 11.4. The summed E-state index contributed by atoms with van der Waals surface area (Å²) in [6.45, 7) is 2.82. The molecule has 1 atom stereocenters. The normalized spacial score (nSPS) is 11.5. The summed E-state index contributed by atoms with van der Waals surface area (Å²) in [5, 5.41) is 7.77. The second-order valence-electron chi connectivity index (χ2n) is 5.21. The van der Waals surface area contributed by atoms with Crippen LogP contribution in [0.15, 0.2) is 42.5 Å². The van der Waals surface area contributed by atoms with E-state index in [1.807, 2.05) is 0 Å². The van der Waals surface area contributed by atoms with E-state index in [1.54, 1.807) is 6.07 Å². The zero-order chi connectivity index (χ0) is 17.7. The minimum absolute atomic E-state index is 0.147. The highest BCUT2D eigenvalue weighted by Crippen LogP contribution is 2.28. The van der Waals surface area contributed by atoms with Crippen LogP contribution in [0, 0.1) is 11.6 Å². The fourth-order valence-electron chi connectivity index (χ4n) is 2.05. The first-order valence-electron chi connectivity index (χ1n) is 7.26. The molecule has 0 fully saturated rings. The van der Waals surface area contributed by atoms with Crippen LogP contribution in [0.25, 0.3) is 0 Å². The Hall–Kier alpha value is -2.96. The predicted octanol–water partition coefficient (Wildman–Crippen LogP) is 3.17. The van der Waals surface area contributed by atoms with E-state index < -0.39 is 23.6 Å². The molecule has 3 N–H and O–H groups in total. The Balaban J connectivity index is 2.23. The second kappa shape index (κ2) is 7.54. The number of halogens is 2. The summed E-state index contributed by atoms with van der Waals surface area (Å²) in [5.41, 5.74) is 0.610. The van der Waals surface area contributed by atoms with Crippen LogP contribution in [0.4, 0.5) is 25.8 Å². The topological polar surface area (TPSA) is 70.2 Å². The van der Waals surface area contributed by atoms with Crippen molar-refractivity contribution in [3.8, 4) is 0 Å². The first-order valence-corrected chi connectivity index (χ1v) is 7.26. The van der Waals surface area contributed by atoms with E-state index in [9.17, 15) is 18.4 Å². The lowest BCUT2D eigenvalue weighted by Gasteiger charge is -2.16. The molecular formula is C17H17F2N3O2. The van der Waals surface area contributed by atoms with Crippen molar-refractivity contribution in [2.75, 3.05) is 10.6 Å². The summed E-state index contributed by atoms with van der Waals surface area (Å²) in [5.74, 6) is -1.87. The van der Waals surface area contributed by atoms with Gasteiger partial charge in [0, 0.05) is 6.92 Å². The van der Waals surface area contributed by atoms with E-state index in [4.69, 9.17) is 0 Å². The Bertz CT molecular complexity index is 765. The van der Waals surface area contributed by atoms with Crippen LogP contribution in [0.3, 0.4) is 0 Å². The molecule has 1 unspecified atom stereocenters. The molecule has 0 saturated carbocycles. The highest BCUT2D eigenvalue weighted by molar-refractivity contribution is 5.99. The third-order valence-corrected chi connectivity index (χ3v) is 3.20. The molecule has 2 rings (SSSR count). The Kier molecular flexibility index (Phi) is 5.47. The number of rotatable bonds is 5. The highest BCUT2D eigenvalue weighted by Gasteiger charge is 2.16. The summed E-state index contributed by atoms with van der Waals surface area (Å²) in [7, 11) is 0. The standard InChI is InChI=1S/C17H17F2N3O2/c1-10(20-11(2)23)17(24)22-15-8-7-12(18)9-16(15)21-14-6-4-3-5-13(14)19/h3-10,21H,1-2H3,(H,20,23)(H,22,24). The zero-order valence-electron chi connectivity index (χ0n) is 13.2. The predicted molar refractivity (Wildman–Crippen MR) is 88.0 cm³/mol. The van der Waals surface area contributed by atoms with Gasteiger partial charge in [-0.25, -0.2) is 8.78 Å².